The molecule has 0 radical (unpaired) electrons. The van der Waals surface area contributed by atoms with Gasteiger partial charge in [-0.1, -0.05) is 30.3 Å². The second kappa shape index (κ2) is 28.4. The van der Waals surface area contributed by atoms with Crippen molar-refractivity contribution >= 4 is 71.3 Å². The number of amides is 12. The van der Waals surface area contributed by atoms with Gasteiger partial charge in [0.05, 0.1) is 26.2 Å². The Morgan fingerprint density at radius 1 is 0.506 bits per heavy atom. The Balaban J connectivity index is 1.25. The Morgan fingerprint density at radius 2 is 0.873 bits per heavy atom. The monoisotopic (exact) mass is 1110 g/mol. The molecule has 26 nitrogen and oxygen atoms in total. The zero-order valence-corrected chi connectivity index (χ0v) is 46.0. The number of rotatable bonds is 4. The van der Waals surface area contributed by atoms with Gasteiger partial charge in [0.15, 0.2) is 0 Å². The highest BCUT2D eigenvalue weighted by atomic mass is 16.6. The number of carbonyl (C=O) groups is 12. The lowest BCUT2D eigenvalue weighted by molar-refractivity contribution is -0.147. The minimum absolute atomic E-state index is 0.0894. The van der Waals surface area contributed by atoms with E-state index in [1.807, 2.05) is 0 Å². The molecule has 79 heavy (non-hydrogen) atoms. The molecule has 0 aliphatic carbocycles. The maximum atomic E-state index is 14.5. The number of likely N-dealkylation sites (N-methyl/N-ethyl adjacent to an activating group) is 2. The van der Waals surface area contributed by atoms with Crippen LogP contribution in [-0.2, 0) is 64.0 Å². The van der Waals surface area contributed by atoms with E-state index in [1.165, 1.54) is 33.7 Å². The summed E-state index contributed by atoms with van der Waals surface area (Å²) >= 11 is 0. The topological polar surface area (TPSA) is 315 Å². The second-order valence-corrected chi connectivity index (χ2v) is 21.7. The Labute approximate surface area is 460 Å². The van der Waals surface area contributed by atoms with E-state index in [2.05, 4.69) is 31.9 Å². The lowest BCUT2D eigenvalue weighted by Gasteiger charge is -2.38. The second-order valence-electron chi connectivity index (χ2n) is 21.7. The van der Waals surface area contributed by atoms with Gasteiger partial charge in [-0.25, -0.2) is 9.59 Å². The van der Waals surface area contributed by atoms with E-state index >= 15 is 0 Å². The Morgan fingerprint density at radius 3 is 1.28 bits per heavy atom. The van der Waals surface area contributed by atoms with Crippen molar-refractivity contribution in [3.63, 3.8) is 0 Å². The summed E-state index contributed by atoms with van der Waals surface area (Å²) in [4.78, 5) is 174. The van der Waals surface area contributed by atoms with Crippen LogP contribution in [0.15, 0.2) is 30.3 Å². The lowest BCUT2D eigenvalue weighted by atomic mass is 9.99. The Kier molecular flexibility index (Phi) is 21.8. The summed E-state index contributed by atoms with van der Waals surface area (Å²) in [6, 6.07) is 1.64. The maximum Gasteiger partial charge on any atom is 0.408 e. The van der Waals surface area contributed by atoms with Crippen molar-refractivity contribution in [1.29, 1.82) is 0 Å². The van der Waals surface area contributed by atoms with Crippen LogP contribution in [0.3, 0.4) is 0 Å². The maximum absolute atomic E-state index is 14.5. The summed E-state index contributed by atoms with van der Waals surface area (Å²) in [6.07, 6.45) is 3.26. The fraction of sp³-hybridized carbons (Fsp3) is 0.660. The van der Waals surface area contributed by atoms with Crippen LogP contribution in [-0.4, -0.2) is 222 Å². The first kappa shape index (κ1) is 60.7. The summed E-state index contributed by atoms with van der Waals surface area (Å²) < 4.78 is 10.9. The van der Waals surface area contributed by atoms with Crippen LogP contribution >= 0.6 is 0 Å². The summed E-state index contributed by atoms with van der Waals surface area (Å²) in [5.41, 5.74) is -0.306. The summed E-state index contributed by atoms with van der Waals surface area (Å²) in [7, 11) is 2.72. The molecule has 5 fully saturated rings. The quantitative estimate of drug-likeness (QED) is 0.213. The molecule has 0 unspecified atom stereocenters. The molecule has 12 amide bonds. The molecule has 6 N–H and O–H groups in total. The molecule has 26 heteroatoms. The van der Waals surface area contributed by atoms with Crippen LogP contribution in [0, 0.1) is 0 Å². The van der Waals surface area contributed by atoms with Gasteiger partial charge >= 0.3 is 12.2 Å². The first-order chi connectivity index (χ1) is 37.6. The number of hydrogen-bond donors (Lipinski definition) is 6. The van der Waals surface area contributed by atoms with Crippen LogP contribution < -0.4 is 31.9 Å². The highest BCUT2D eigenvalue weighted by Gasteiger charge is 2.41. The highest BCUT2D eigenvalue weighted by Crippen LogP contribution is 2.23. The normalized spacial score (nSPS) is 25.8. The SMILES string of the molecule is CN1CC(=O)N2CCCC[C@H]2C(=O)NC[C@@H](NC(=O)OC(C)(C)C)C(=O)N2CCCC[C@H]2C(=O)NCC(=O)N(C)CC(=O)N2CCCC[C@H]2C(=O)NC[C@@H](NC(=O)OCc2ccccc2)C(=O)N2CCCC[C@H]2C(=O)NCC1=O. The third-order valence-electron chi connectivity index (χ3n) is 14.6. The van der Waals surface area contributed by atoms with Gasteiger partial charge in [-0.2, -0.15) is 0 Å². The van der Waals surface area contributed by atoms with E-state index in [4.69, 9.17) is 9.47 Å². The lowest BCUT2D eigenvalue weighted by Crippen LogP contribution is -2.62. The average molecular weight is 1110 g/mol. The molecule has 0 spiro atoms. The summed E-state index contributed by atoms with van der Waals surface area (Å²) in [5, 5.41) is 15.7. The molecule has 5 saturated heterocycles. The molecule has 1 aromatic rings. The number of carbonyl (C=O) groups excluding carboxylic acids is 12. The van der Waals surface area contributed by atoms with E-state index in [9.17, 15) is 57.5 Å². The zero-order chi connectivity index (χ0) is 57.4. The van der Waals surface area contributed by atoms with E-state index in [0.29, 0.717) is 56.9 Å². The third kappa shape index (κ3) is 17.2. The fourth-order valence-corrected chi connectivity index (χ4v) is 10.3. The first-order valence-electron chi connectivity index (χ1n) is 27.4. The smallest absolute Gasteiger partial charge is 0.408 e. The van der Waals surface area contributed by atoms with Gasteiger partial charge in [0.1, 0.15) is 48.5 Å². The number of nitrogens with one attached hydrogen (secondary N) is 6. The van der Waals surface area contributed by atoms with Crippen molar-refractivity contribution in [3.05, 3.63) is 35.9 Å². The van der Waals surface area contributed by atoms with Crippen LogP contribution in [0.4, 0.5) is 9.59 Å². The molecular weight excluding hydrogens is 1030 g/mol. The van der Waals surface area contributed by atoms with Gasteiger partial charge in [0.2, 0.25) is 59.1 Å². The molecule has 6 atom stereocenters. The van der Waals surface area contributed by atoms with Crippen molar-refractivity contribution in [1.82, 2.24) is 61.3 Å². The predicted octanol–water partition coefficient (Wildman–Crippen LogP) is -0.906. The van der Waals surface area contributed by atoms with Crippen molar-refractivity contribution in [2.24, 2.45) is 0 Å². The number of hydrogen-bond acceptors (Lipinski definition) is 14. The molecule has 5 aliphatic heterocycles. The first-order valence-corrected chi connectivity index (χ1v) is 27.4. The number of nitrogens with zero attached hydrogens (tertiary/aromatic N) is 6. The Bertz CT molecular complexity index is 2420. The van der Waals surface area contributed by atoms with Crippen LogP contribution in [0.1, 0.15) is 103 Å². The van der Waals surface area contributed by atoms with Crippen molar-refractivity contribution in [3.8, 4) is 0 Å². The van der Waals surface area contributed by atoms with Gasteiger partial charge in [-0.05, 0) is 103 Å². The van der Waals surface area contributed by atoms with Crippen molar-refractivity contribution in [2.75, 3.05) is 79.5 Å². The Hall–Kier alpha value is -7.54. The standard InChI is InChI=1S/C53H78N12O14/c1-53(2,3)79-52(77)59-36-28-55-46(71)38-20-10-14-24-63(38)44(69)32-61(5)41(66)29-56-47(72)39-21-11-15-25-64(39)49(74)35(58-51(76)78-33-34-17-7-6-8-18-34)27-54-45(70)37-19-9-13-23-62(37)43(68)31-60(4)42(67)30-57-48(73)40-22-12-16-26-65(40)50(36)75/h6-8,17-18,35-40H,9-16,19-33H2,1-5H3,(H,54,70)(H,55,71)(H,56,72)(H,57,73)(H,58,76)(H,59,77)/t35-,36-,37+,38+,39+,40+/m1/s1. The number of ether oxygens (including phenoxy) is 2. The molecular formula is C53H78N12O14. The van der Waals surface area contributed by atoms with Crippen LogP contribution in [0.5, 0.6) is 0 Å². The van der Waals surface area contributed by atoms with Gasteiger partial charge in [-0.3, -0.25) is 47.9 Å². The molecule has 434 valence electrons. The van der Waals surface area contributed by atoms with Crippen molar-refractivity contribution in [2.45, 2.75) is 146 Å². The number of benzene rings is 1. The summed E-state index contributed by atoms with van der Waals surface area (Å²) in [6.45, 7) is 2.27. The van der Waals surface area contributed by atoms with Crippen LogP contribution in [0.25, 0.3) is 0 Å². The van der Waals surface area contributed by atoms with Gasteiger partial charge in [0.25, 0.3) is 0 Å². The number of alkyl carbamates (subject to hydrolysis) is 2. The zero-order valence-electron chi connectivity index (χ0n) is 46.0. The van der Waals surface area contributed by atoms with Crippen LogP contribution in [0.2, 0.25) is 0 Å². The largest absolute Gasteiger partial charge is 0.445 e. The molecule has 5 heterocycles. The van der Waals surface area contributed by atoms with Gasteiger partial charge in [0, 0.05) is 53.4 Å². The van der Waals surface area contributed by atoms with Gasteiger partial charge < -0.3 is 70.8 Å². The fourth-order valence-electron chi connectivity index (χ4n) is 10.3. The molecule has 5 aliphatic rings. The summed E-state index contributed by atoms with van der Waals surface area (Å²) in [5.74, 6) is -6.52. The molecule has 0 saturated carbocycles. The molecule has 1 aromatic carbocycles. The van der Waals surface area contributed by atoms with E-state index in [-0.39, 0.29) is 58.5 Å². The molecule has 0 bridgehead atoms. The van der Waals surface area contributed by atoms with Gasteiger partial charge in [-0.15, -0.1) is 0 Å². The van der Waals surface area contributed by atoms with E-state index in [0.717, 1.165) is 9.80 Å². The third-order valence-corrected chi connectivity index (χ3v) is 14.6. The predicted molar refractivity (Wildman–Crippen MR) is 281 cm³/mol. The number of fused-ring (bicyclic) bond motifs is 4. The van der Waals surface area contributed by atoms with E-state index < -0.39 is 152 Å². The number of piperidine rings is 4. The minimum atomic E-state index is -1.46. The van der Waals surface area contributed by atoms with Crippen molar-refractivity contribution < 1.29 is 67.0 Å². The van der Waals surface area contributed by atoms with E-state index in [1.54, 1.807) is 51.1 Å². The molecule has 0 aromatic heterocycles. The highest BCUT2D eigenvalue weighted by molar-refractivity contribution is 5.97. The minimum Gasteiger partial charge on any atom is -0.445 e. The molecule has 6 rings (SSSR count). The average Bonchev–Trinajstić information content (AvgIpc) is 3.47.